The fourth-order valence-corrected chi connectivity index (χ4v) is 2.47. The molecule has 0 atom stereocenters. The maximum Gasteiger partial charge on any atom is 0.240 e. The van der Waals surface area contributed by atoms with Crippen molar-refractivity contribution in [3.05, 3.63) is 24.3 Å². The molecule has 0 aliphatic carbocycles. The van der Waals surface area contributed by atoms with Crippen molar-refractivity contribution in [3.63, 3.8) is 0 Å². The highest BCUT2D eigenvalue weighted by molar-refractivity contribution is 5.93. The Labute approximate surface area is 157 Å². The summed E-state index contributed by atoms with van der Waals surface area (Å²) in [5.74, 6) is 0.128. The van der Waals surface area contributed by atoms with E-state index in [2.05, 4.69) is 20.0 Å². The van der Waals surface area contributed by atoms with Crippen LogP contribution in [0.25, 0.3) is 11.1 Å². The minimum atomic E-state index is -0.159. The summed E-state index contributed by atoms with van der Waals surface area (Å²) in [5.41, 5.74) is 0.695. The molecule has 0 spiro atoms. The van der Waals surface area contributed by atoms with E-state index >= 15 is 0 Å². The van der Waals surface area contributed by atoms with Crippen LogP contribution in [0.15, 0.2) is 44.2 Å². The summed E-state index contributed by atoms with van der Waals surface area (Å²) in [6.45, 7) is 0. The Morgan fingerprint density at radius 1 is 0.714 bits per heavy atom. The van der Waals surface area contributed by atoms with Crippen LogP contribution in [0, 0.1) is 0 Å². The minimum absolute atomic E-state index is 0.0231. The van der Waals surface area contributed by atoms with Gasteiger partial charge in [0.2, 0.25) is 24.3 Å². The predicted octanol–water partition coefficient (Wildman–Crippen LogP) is 3.24. The normalized spacial score (nSPS) is 9.07. The standard InChI is InChI=1S/C18H10N4O6/c1-27-15-5-11(3-4-13(15)19-7-23)12-6-14(20-8-24)17(22-10-26)18(28-2)16(12)21-9-25/h3-6H,1-2H3. The highest BCUT2D eigenvalue weighted by Gasteiger charge is 2.21. The van der Waals surface area contributed by atoms with Crippen LogP contribution >= 0.6 is 0 Å². The first-order valence-electron chi connectivity index (χ1n) is 7.40. The molecule has 0 saturated carbocycles. The van der Waals surface area contributed by atoms with Gasteiger partial charge in [0.25, 0.3) is 0 Å². The van der Waals surface area contributed by atoms with Crippen molar-refractivity contribution in [2.75, 3.05) is 14.2 Å². The number of hydrogen-bond acceptors (Lipinski definition) is 10. The molecular weight excluding hydrogens is 368 g/mol. The van der Waals surface area contributed by atoms with Crippen LogP contribution in [-0.4, -0.2) is 38.5 Å². The molecule has 2 aromatic rings. The SMILES string of the molecule is COc1cc(-c2cc(N=C=O)c(N=C=O)c(OC)c2N=C=O)ccc1N=C=O. The van der Waals surface area contributed by atoms with E-state index < -0.39 is 0 Å². The molecule has 2 aromatic carbocycles. The van der Waals surface area contributed by atoms with Crippen LogP contribution in [-0.2, 0) is 19.2 Å². The Balaban J connectivity index is 2.95. The van der Waals surface area contributed by atoms with Crippen molar-refractivity contribution in [2.24, 2.45) is 20.0 Å². The maximum absolute atomic E-state index is 10.9. The number of nitrogens with zero attached hydrogens (tertiary/aromatic N) is 4. The number of benzene rings is 2. The Morgan fingerprint density at radius 3 is 1.89 bits per heavy atom. The van der Waals surface area contributed by atoms with Crippen LogP contribution in [0.2, 0.25) is 0 Å². The van der Waals surface area contributed by atoms with E-state index in [-0.39, 0.29) is 39.8 Å². The molecule has 0 unspecified atom stereocenters. The van der Waals surface area contributed by atoms with E-state index in [1.54, 1.807) is 6.07 Å². The first-order valence-corrected chi connectivity index (χ1v) is 7.40. The minimum Gasteiger partial charge on any atom is -0.494 e. The largest absolute Gasteiger partial charge is 0.494 e. The molecule has 0 radical (unpaired) electrons. The molecule has 0 aromatic heterocycles. The fraction of sp³-hybridized carbons (Fsp3) is 0.111. The van der Waals surface area contributed by atoms with Crippen LogP contribution in [0.3, 0.4) is 0 Å². The highest BCUT2D eigenvalue weighted by atomic mass is 16.5. The van der Waals surface area contributed by atoms with Gasteiger partial charge in [-0.25, -0.2) is 19.2 Å². The molecule has 0 heterocycles. The van der Waals surface area contributed by atoms with Crippen LogP contribution in [0.1, 0.15) is 0 Å². The van der Waals surface area contributed by atoms with E-state index in [0.717, 1.165) is 0 Å². The monoisotopic (exact) mass is 378 g/mol. The van der Waals surface area contributed by atoms with Crippen LogP contribution in [0.5, 0.6) is 11.5 Å². The van der Waals surface area contributed by atoms with Crippen molar-refractivity contribution in [3.8, 4) is 22.6 Å². The van der Waals surface area contributed by atoms with Gasteiger partial charge >= 0.3 is 0 Å². The molecule has 10 nitrogen and oxygen atoms in total. The summed E-state index contributed by atoms with van der Waals surface area (Å²) < 4.78 is 10.4. The lowest BCUT2D eigenvalue weighted by Crippen LogP contribution is -1.90. The number of methoxy groups -OCH3 is 2. The summed E-state index contributed by atoms with van der Waals surface area (Å²) >= 11 is 0. The molecule has 138 valence electrons. The predicted molar refractivity (Wildman–Crippen MR) is 96.1 cm³/mol. The van der Waals surface area contributed by atoms with E-state index in [9.17, 15) is 19.2 Å². The average molecular weight is 378 g/mol. The topological polar surface area (TPSA) is 136 Å². The zero-order chi connectivity index (χ0) is 20.5. The van der Waals surface area contributed by atoms with E-state index in [0.29, 0.717) is 5.56 Å². The van der Waals surface area contributed by atoms with E-state index in [1.165, 1.54) is 56.7 Å². The second kappa shape index (κ2) is 9.31. The van der Waals surface area contributed by atoms with Gasteiger partial charge in [0.15, 0.2) is 5.75 Å². The molecule has 0 N–H and O–H groups in total. The first-order chi connectivity index (χ1) is 13.6. The molecule has 28 heavy (non-hydrogen) atoms. The Bertz CT molecular complexity index is 1120. The molecular formula is C18H10N4O6. The highest BCUT2D eigenvalue weighted by Crippen LogP contribution is 2.50. The van der Waals surface area contributed by atoms with Crippen molar-refractivity contribution in [1.29, 1.82) is 0 Å². The van der Waals surface area contributed by atoms with Crippen molar-refractivity contribution >= 4 is 47.1 Å². The Kier molecular flexibility index (Phi) is 6.61. The number of aliphatic imine (C=N–C) groups is 4. The van der Waals surface area contributed by atoms with Crippen LogP contribution in [0.4, 0.5) is 22.7 Å². The first kappa shape index (κ1) is 19.9. The smallest absolute Gasteiger partial charge is 0.240 e. The molecule has 0 aliphatic rings. The lowest BCUT2D eigenvalue weighted by Gasteiger charge is -2.14. The fourth-order valence-electron chi connectivity index (χ4n) is 2.47. The molecule has 0 aliphatic heterocycles. The third kappa shape index (κ3) is 3.86. The second-order valence-electron chi connectivity index (χ2n) is 4.87. The lowest BCUT2D eigenvalue weighted by molar-refractivity contribution is 0.416. The summed E-state index contributed by atoms with van der Waals surface area (Å²) in [7, 11) is 2.63. The maximum atomic E-state index is 10.9. The van der Waals surface area contributed by atoms with Gasteiger partial charge in [-0.3, -0.25) is 0 Å². The zero-order valence-electron chi connectivity index (χ0n) is 14.5. The van der Waals surface area contributed by atoms with Gasteiger partial charge in [0.05, 0.1) is 14.2 Å². The quantitative estimate of drug-likeness (QED) is 0.536. The van der Waals surface area contributed by atoms with E-state index in [1.807, 2.05) is 0 Å². The van der Waals surface area contributed by atoms with Gasteiger partial charge in [-0.15, -0.1) is 0 Å². The summed E-state index contributed by atoms with van der Waals surface area (Å²) in [6.07, 6.45) is 5.48. The second-order valence-corrected chi connectivity index (χ2v) is 4.87. The van der Waals surface area contributed by atoms with Gasteiger partial charge in [-0.1, -0.05) is 6.07 Å². The molecule has 0 fully saturated rings. The summed E-state index contributed by atoms with van der Waals surface area (Å²) in [4.78, 5) is 57.1. The summed E-state index contributed by atoms with van der Waals surface area (Å²) in [5, 5.41) is 0. The molecule has 0 amide bonds. The van der Waals surface area contributed by atoms with E-state index in [4.69, 9.17) is 9.47 Å². The summed E-state index contributed by atoms with van der Waals surface area (Å²) in [6, 6.07) is 5.87. The molecule has 10 heteroatoms. The third-order valence-corrected chi connectivity index (χ3v) is 3.55. The number of hydrogen-bond donors (Lipinski definition) is 0. The number of ether oxygens (including phenoxy) is 2. The Hall–Kier alpha value is -4.44. The average Bonchev–Trinajstić information content (AvgIpc) is 2.71. The van der Waals surface area contributed by atoms with Crippen molar-refractivity contribution < 1.29 is 28.7 Å². The zero-order valence-corrected chi connectivity index (χ0v) is 14.5. The lowest BCUT2D eigenvalue weighted by atomic mass is 10.00. The van der Waals surface area contributed by atoms with Gasteiger partial charge in [-0.05, 0) is 23.8 Å². The van der Waals surface area contributed by atoms with Gasteiger partial charge in [0, 0.05) is 5.56 Å². The number of isocyanates is 4. The van der Waals surface area contributed by atoms with Gasteiger partial charge in [0.1, 0.15) is 28.5 Å². The number of carbonyl (C=O) groups excluding carboxylic acids is 4. The molecule has 2 rings (SSSR count). The molecule has 0 bridgehead atoms. The van der Waals surface area contributed by atoms with Gasteiger partial charge in [-0.2, -0.15) is 20.0 Å². The van der Waals surface area contributed by atoms with Gasteiger partial charge < -0.3 is 9.47 Å². The van der Waals surface area contributed by atoms with Crippen LogP contribution < -0.4 is 9.47 Å². The molecule has 0 saturated heterocycles. The Morgan fingerprint density at radius 2 is 1.32 bits per heavy atom. The third-order valence-electron chi connectivity index (χ3n) is 3.55. The van der Waals surface area contributed by atoms with Crippen molar-refractivity contribution in [2.45, 2.75) is 0 Å². The number of rotatable bonds is 7. The van der Waals surface area contributed by atoms with Crippen molar-refractivity contribution in [1.82, 2.24) is 0 Å².